The molecule has 0 saturated carbocycles. The van der Waals surface area contributed by atoms with Crippen LogP contribution in [0.15, 0.2) is 18.3 Å². The van der Waals surface area contributed by atoms with Crippen molar-refractivity contribution in [2.75, 3.05) is 33.2 Å². The molecule has 0 spiro atoms. The molecule has 0 saturated heterocycles. The van der Waals surface area contributed by atoms with Crippen molar-refractivity contribution in [1.82, 2.24) is 14.9 Å². The van der Waals surface area contributed by atoms with E-state index < -0.39 is 0 Å². The molecule has 9 nitrogen and oxygen atoms in total. The highest BCUT2D eigenvalue weighted by atomic mass is 32.1. The summed E-state index contributed by atoms with van der Waals surface area (Å²) in [6.07, 6.45) is 1.83. The fourth-order valence-electron chi connectivity index (χ4n) is 3.17. The van der Waals surface area contributed by atoms with Gasteiger partial charge >= 0.3 is 0 Å². The number of benzene rings is 1. The number of nitrogens with zero attached hydrogens (tertiary/aromatic N) is 2. The maximum absolute atomic E-state index is 12.7. The van der Waals surface area contributed by atoms with Crippen LogP contribution in [-0.2, 0) is 11.8 Å². The summed E-state index contributed by atoms with van der Waals surface area (Å²) in [5.74, 6) is 0.930. The largest absolute Gasteiger partial charge is 0.493 e. The van der Waals surface area contributed by atoms with E-state index in [-0.39, 0.29) is 24.8 Å². The van der Waals surface area contributed by atoms with Gasteiger partial charge in [0.15, 0.2) is 16.6 Å². The van der Waals surface area contributed by atoms with Crippen LogP contribution in [0.25, 0.3) is 10.9 Å². The van der Waals surface area contributed by atoms with Crippen LogP contribution in [-0.4, -0.2) is 49.2 Å². The predicted octanol–water partition coefficient (Wildman–Crippen LogP) is 2.73. The Kier molecular flexibility index (Phi) is 6.46. The van der Waals surface area contributed by atoms with Crippen LogP contribution in [0.4, 0.5) is 5.13 Å². The van der Waals surface area contributed by atoms with Gasteiger partial charge < -0.3 is 29.4 Å². The van der Waals surface area contributed by atoms with Crippen LogP contribution in [0.5, 0.6) is 17.2 Å². The second-order valence-corrected chi connectivity index (χ2v) is 7.74. The summed E-state index contributed by atoms with van der Waals surface area (Å²) in [6, 6.07) is 3.53. The molecule has 10 heteroatoms. The number of hydrogen-bond acceptors (Lipinski definition) is 7. The second kappa shape index (κ2) is 9.04. The lowest BCUT2D eigenvalue weighted by molar-refractivity contribution is -0.116. The molecule has 2 aromatic heterocycles. The third kappa shape index (κ3) is 4.18. The molecule has 0 fully saturated rings. The van der Waals surface area contributed by atoms with Crippen molar-refractivity contribution in [3.8, 4) is 17.2 Å². The summed E-state index contributed by atoms with van der Waals surface area (Å²) in [7, 11) is 6.37. The van der Waals surface area contributed by atoms with Crippen molar-refractivity contribution in [2.24, 2.45) is 7.05 Å². The molecule has 2 N–H and O–H groups in total. The van der Waals surface area contributed by atoms with Crippen LogP contribution < -0.4 is 24.8 Å². The number of rotatable bonds is 8. The second-order valence-electron chi connectivity index (χ2n) is 6.50. The van der Waals surface area contributed by atoms with E-state index in [1.807, 2.05) is 6.92 Å². The number of nitrogens with one attached hydrogen (secondary N) is 2. The first kappa shape index (κ1) is 21.4. The van der Waals surface area contributed by atoms with Gasteiger partial charge in [-0.25, -0.2) is 4.98 Å². The van der Waals surface area contributed by atoms with Crippen LogP contribution in [0.2, 0.25) is 0 Å². The molecule has 0 aliphatic carbocycles. The van der Waals surface area contributed by atoms with E-state index in [4.69, 9.17) is 14.2 Å². The molecule has 3 aromatic rings. The van der Waals surface area contributed by atoms with E-state index in [9.17, 15) is 9.59 Å². The Hall–Kier alpha value is -3.27. The number of amides is 2. The third-order valence-electron chi connectivity index (χ3n) is 4.56. The first-order valence-corrected chi connectivity index (χ1v) is 10.00. The van der Waals surface area contributed by atoms with Gasteiger partial charge in [0.1, 0.15) is 5.69 Å². The van der Waals surface area contributed by atoms with E-state index in [0.29, 0.717) is 33.6 Å². The quantitative estimate of drug-likeness (QED) is 0.567. The van der Waals surface area contributed by atoms with Gasteiger partial charge in [0.2, 0.25) is 11.7 Å². The summed E-state index contributed by atoms with van der Waals surface area (Å²) in [5, 5.41) is 6.81. The SMILES string of the molecule is COc1cc2cc(C(=O)NCCC(=O)Nc3ncc(C)s3)n(C)c2c(OC)c1OC. The summed E-state index contributed by atoms with van der Waals surface area (Å²) >= 11 is 1.40. The molecule has 0 bridgehead atoms. The first-order chi connectivity index (χ1) is 14.4. The Balaban J connectivity index is 1.73. The summed E-state index contributed by atoms with van der Waals surface area (Å²) in [5.41, 5.74) is 1.13. The maximum atomic E-state index is 12.7. The number of thiazole rings is 1. The number of carbonyl (C=O) groups is 2. The number of methoxy groups -OCH3 is 3. The van der Waals surface area contributed by atoms with Gasteiger partial charge in [-0.15, -0.1) is 11.3 Å². The summed E-state index contributed by atoms with van der Waals surface area (Å²) in [6.45, 7) is 2.11. The average molecular weight is 433 g/mol. The van der Waals surface area contributed by atoms with Crippen molar-refractivity contribution in [3.05, 3.63) is 28.9 Å². The number of aromatic nitrogens is 2. The smallest absolute Gasteiger partial charge is 0.267 e. The van der Waals surface area contributed by atoms with Gasteiger partial charge in [-0.2, -0.15) is 0 Å². The highest BCUT2D eigenvalue weighted by Gasteiger charge is 2.22. The molecule has 1 aromatic carbocycles. The van der Waals surface area contributed by atoms with Crippen molar-refractivity contribution < 1.29 is 23.8 Å². The number of aryl methyl sites for hydroxylation is 2. The number of fused-ring (bicyclic) bond motifs is 1. The van der Waals surface area contributed by atoms with Crippen LogP contribution in [0, 0.1) is 6.92 Å². The van der Waals surface area contributed by atoms with Gasteiger partial charge in [-0.1, -0.05) is 0 Å². The van der Waals surface area contributed by atoms with Gasteiger partial charge in [0, 0.05) is 36.5 Å². The standard InChI is InChI=1S/C20H24N4O5S/c1-11-10-22-20(30-11)23-15(25)6-7-21-19(26)13-8-12-9-14(27-3)17(28-4)18(29-5)16(12)24(13)2/h8-10H,6-7H2,1-5H3,(H,21,26)(H,22,23,25). The minimum atomic E-state index is -0.299. The summed E-state index contributed by atoms with van der Waals surface area (Å²) in [4.78, 5) is 29.8. The molecule has 0 aliphatic rings. The molecular formula is C20H24N4O5S. The number of anilines is 1. The Morgan fingerprint density at radius 1 is 1.13 bits per heavy atom. The van der Waals surface area contributed by atoms with Gasteiger partial charge in [0.25, 0.3) is 5.91 Å². The fourth-order valence-corrected chi connectivity index (χ4v) is 3.85. The van der Waals surface area contributed by atoms with Gasteiger partial charge in [0.05, 0.1) is 26.8 Å². The van der Waals surface area contributed by atoms with E-state index in [1.54, 1.807) is 29.9 Å². The molecule has 3 rings (SSSR count). The zero-order valence-electron chi connectivity index (χ0n) is 17.5. The molecule has 160 valence electrons. The van der Waals surface area contributed by atoms with Crippen molar-refractivity contribution in [2.45, 2.75) is 13.3 Å². The lowest BCUT2D eigenvalue weighted by Crippen LogP contribution is -2.29. The zero-order valence-corrected chi connectivity index (χ0v) is 18.3. The Morgan fingerprint density at radius 2 is 1.87 bits per heavy atom. The van der Waals surface area contributed by atoms with Crippen LogP contribution >= 0.6 is 11.3 Å². The van der Waals surface area contributed by atoms with E-state index in [2.05, 4.69) is 15.6 Å². The van der Waals surface area contributed by atoms with Crippen molar-refractivity contribution >= 4 is 39.2 Å². The molecule has 2 heterocycles. The molecule has 0 radical (unpaired) electrons. The van der Waals surface area contributed by atoms with Gasteiger partial charge in [-0.05, 0) is 19.1 Å². The minimum absolute atomic E-state index is 0.138. The summed E-state index contributed by atoms with van der Waals surface area (Å²) < 4.78 is 18.0. The zero-order chi connectivity index (χ0) is 21.8. The number of ether oxygens (including phenoxy) is 3. The van der Waals surface area contributed by atoms with Crippen LogP contribution in [0.3, 0.4) is 0 Å². The average Bonchev–Trinajstić information content (AvgIpc) is 3.28. The molecular weight excluding hydrogens is 408 g/mol. The highest BCUT2D eigenvalue weighted by Crippen LogP contribution is 2.44. The van der Waals surface area contributed by atoms with E-state index in [1.165, 1.54) is 32.7 Å². The maximum Gasteiger partial charge on any atom is 0.267 e. The highest BCUT2D eigenvalue weighted by molar-refractivity contribution is 7.15. The third-order valence-corrected chi connectivity index (χ3v) is 5.39. The van der Waals surface area contributed by atoms with E-state index in [0.717, 1.165) is 10.3 Å². The molecule has 2 amide bonds. The van der Waals surface area contributed by atoms with Crippen LogP contribution in [0.1, 0.15) is 21.8 Å². The molecule has 0 atom stereocenters. The van der Waals surface area contributed by atoms with Gasteiger partial charge in [-0.3, -0.25) is 9.59 Å². The monoisotopic (exact) mass is 432 g/mol. The molecule has 0 aliphatic heterocycles. The lowest BCUT2D eigenvalue weighted by Gasteiger charge is -2.14. The normalized spacial score (nSPS) is 10.7. The molecule has 30 heavy (non-hydrogen) atoms. The first-order valence-electron chi connectivity index (χ1n) is 9.18. The Morgan fingerprint density at radius 3 is 2.47 bits per heavy atom. The van der Waals surface area contributed by atoms with Crippen molar-refractivity contribution in [1.29, 1.82) is 0 Å². The minimum Gasteiger partial charge on any atom is -0.493 e. The Labute approximate surface area is 177 Å². The fraction of sp³-hybridized carbons (Fsp3) is 0.350. The molecule has 0 unspecified atom stereocenters. The number of carbonyl (C=O) groups excluding carboxylic acids is 2. The predicted molar refractivity (Wildman–Crippen MR) is 115 cm³/mol. The van der Waals surface area contributed by atoms with E-state index >= 15 is 0 Å². The Bertz CT molecular complexity index is 1090. The topological polar surface area (TPSA) is 104 Å². The lowest BCUT2D eigenvalue weighted by atomic mass is 10.2. The number of hydrogen-bond donors (Lipinski definition) is 2. The van der Waals surface area contributed by atoms with Crippen molar-refractivity contribution in [3.63, 3.8) is 0 Å².